The molecule has 0 saturated carbocycles. The van der Waals surface area contributed by atoms with E-state index in [0.29, 0.717) is 5.56 Å². The Kier molecular flexibility index (Phi) is 12.4. The summed E-state index contributed by atoms with van der Waals surface area (Å²) >= 11 is 0. The Morgan fingerprint density at radius 2 is 1.32 bits per heavy atom. The molecule has 0 aliphatic heterocycles. The van der Waals surface area contributed by atoms with E-state index in [1.165, 1.54) is 19.2 Å². The Morgan fingerprint density at radius 3 is 1.77 bits per heavy atom. The van der Waals surface area contributed by atoms with Gasteiger partial charge >= 0.3 is 24.2 Å². The van der Waals surface area contributed by atoms with Crippen molar-refractivity contribution < 1.29 is 47.6 Å². The second-order valence-corrected chi connectivity index (χ2v) is 12.6. The molecule has 40 heavy (non-hydrogen) atoms. The molecular formula is C29H45NO10. The third kappa shape index (κ3) is 12.7. The number of hydrogen-bond acceptors (Lipinski definition) is 11. The highest BCUT2D eigenvalue weighted by Gasteiger charge is 2.38. The molecule has 1 unspecified atom stereocenters. The summed E-state index contributed by atoms with van der Waals surface area (Å²) in [7, 11) is 1.20. The highest BCUT2D eigenvalue weighted by molar-refractivity contribution is 5.81. The number of methoxy groups -OCH3 is 1. The number of nitrogens with two attached hydrogens (primary N) is 1. The largest absolute Gasteiger partial charge is 0.513 e. The summed E-state index contributed by atoms with van der Waals surface area (Å²) in [5.74, 6) is -1.75. The van der Waals surface area contributed by atoms with Crippen molar-refractivity contribution in [2.75, 3.05) is 20.3 Å². The first-order valence-electron chi connectivity index (χ1n) is 13.1. The SMILES string of the molecule is COC(=O)[C@](N)(Cc1ccc(OC(=O)OCC(C)(C)C)c(OC(=O)OCC(C)(C)C)c1)CC(C)OC(=O)C(C)C. The van der Waals surface area contributed by atoms with Crippen LogP contribution in [0.4, 0.5) is 9.59 Å². The van der Waals surface area contributed by atoms with Crippen LogP contribution in [0.5, 0.6) is 11.5 Å². The van der Waals surface area contributed by atoms with Gasteiger partial charge in [0.15, 0.2) is 11.5 Å². The molecule has 1 rings (SSSR count). The molecule has 1 aromatic carbocycles. The fraction of sp³-hybridized carbons (Fsp3) is 0.655. The minimum atomic E-state index is -1.59. The molecule has 2 N–H and O–H groups in total. The van der Waals surface area contributed by atoms with Gasteiger partial charge in [0.2, 0.25) is 0 Å². The fourth-order valence-electron chi connectivity index (χ4n) is 3.30. The van der Waals surface area contributed by atoms with Gasteiger partial charge in [-0.3, -0.25) is 9.59 Å². The molecule has 0 bridgehead atoms. The van der Waals surface area contributed by atoms with E-state index in [-0.39, 0.29) is 54.3 Å². The molecule has 11 heteroatoms. The van der Waals surface area contributed by atoms with Gasteiger partial charge in [-0.05, 0) is 35.4 Å². The summed E-state index contributed by atoms with van der Waals surface area (Å²) in [6, 6.07) is 4.34. The van der Waals surface area contributed by atoms with Crippen molar-refractivity contribution in [3.63, 3.8) is 0 Å². The van der Waals surface area contributed by atoms with Crippen LogP contribution in [0.25, 0.3) is 0 Å². The standard InChI is InChI=1S/C29H45NO10/c1-18(2)23(31)38-19(3)14-29(30,24(32)35-10)15-20-11-12-21(39-25(33)36-16-27(4,5)6)22(13-20)40-26(34)37-17-28(7,8)9/h11-13,18-19H,14-17,30H2,1-10H3/t19?,29-/m1/s1. The molecule has 0 aliphatic rings. The number of hydrogen-bond donors (Lipinski definition) is 1. The van der Waals surface area contributed by atoms with Crippen molar-refractivity contribution >= 4 is 24.2 Å². The average molecular weight is 568 g/mol. The lowest BCUT2D eigenvalue weighted by molar-refractivity contribution is -0.157. The van der Waals surface area contributed by atoms with Crippen LogP contribution in [0.2, 0.25) is 0 Å². The second-order valence-electron chi connectivity index (χ2n) is 12.6. The fourth-order valence-corrected chi connectivity index (χ4v) is 3.30. The smallest absolute Gasteiger partial charge is 0.468 e. The number of esters is 2. The number of benzene rings is 1. The maximum Gasteiger partial charge on any atom is 0.513 e. The van der Waals surface area contributed by atoms with Crippen LogP contribution < -0.4 is 15.2 Å². The molecule has 0 aliphatic carbocycles. The van der Waals surface area contributed by atoms with Crippen molar-refractivity contribution in [2.24, 2.45) is 22.5 Å². The summed E-state index contributed by atoms with van der Waals surface area (Å²) in [6.07, 6.45) is -2.81. The topological polar surface area (TPSA) is 150 Å². The summed E-state index contributed by atoms with van der Waals surface area (Å²) in [6.45, 7) is 16.5. The van der Waals surface area contributed by atoms with Crippen molar-refractivity contribution in [3.8, 4) is 11.5 Å². The predicted molar refractivity (Wildman–Crippen MR) is 147 cm³/mol. The van der Waals surface area contributed by atoms with Crippen molar-refractivity contribution in [1.82, 2.24) is 0 Å². The van der Waals surface area contributed by atoms with Gasteiger partial charge < -0.3 is 34.2 Å². The summed E-state index contributed by atoms with van der Waals surface area (Å²) in [5, 5.41) is 0. The van der Waals surface area contributed by atoms with E-state index in [0.717, 1.165) is 0 Å². The Hall–Kier alpha value is -3.34. The third-order valence-corrected chi connectivity index (χ3v) is 5.19. The Balaban J connectivity index is 3.28. The Bertz CT molecular complexity index is 1040. The normalized spacial score (nSPS) is 14.0. The summed E-state index contributed by atoms with van der Waals surface area (Å²) in [5.41, 5.74) is 4.73. The van der Waals surface area contributed by atoms with Crippen molar-refractivity contribution in [2.45, 2.75) is 86.8 Å². The van der Waals surface area contributed by atoms with Crippen LogP contribution in [-0.2, 0) is 35.0 Å². The van der Waals surface area contributed by atoms with Crippen LogP contribution >= 0.6 is 0 Å². The Morgan fingerprint density at radius 1 is 0.825 bits per heavy atom. The lowest BCUT2D eigenvalue weighted by Gasteiger charge is -2.29. The van der Waals surface area contributed by atoms with Crippen LogP contribution in [0.3, 0.4) is 0 Å². The Labute approximate surface area is 236 Å². The van der Waals surface area contributed by atoms with E-state index >= 15 is 0 Å². The van der Waals surface area contributed by atoms with Gasteiger partial charge in [0.1, 0.15) is 11.6 Å². The lowest BCUT2D eigenvalue weighted by atomic mass is 9.86. The highest BCUT2D eigenvalue weighted by atomic mass is 16.7. The minimum Gasteiger partial charge on any atom is -0.468 e. The number of carbonyl (C=O) groups is 4. The van der Waals surface area contributed by atoms with E-state index < -0.39 is 35.9 Å². The monoisotopic (exact) mass is 567 g/mol. The number of rotatable bonds is 11. The molecular weight excluding hydrogens is 522 g/mol. The highest BCUT2D eigenvalue weighted by Crippen LogP contribution is 2.32. The molecule has 0 fully saturated rings. The zero-order chi connectivity index (χ0) is 30.9. The molecule has 11 nitrogen and oxygen atoms in total. The quantitative estimate of drug-likeness (QED) is 0.213. The van der Waals surface area contributed by atoms with E-state index in [2.05, 4.69) is 0 Å². The van der Waals surface area contributed by atoms with Gasteiger partial charge in [-0.1, -0.05) is 61.5 Å². The lowest BCUT2D eigenvalue weighted by Crippen LogP contribution is -2.53. The van der Waals surface area contributed by atoms with Gasteiger partial charge in [-0.25, -0.2) is 9.59 Å². The molecule has 1 aromatic rings. The van der Waals surface area contributed by atoms with Crippen LogP contribution in [0, 0.1) is 16.7 Å². The minimum absolute atomic E-state index is 0.0423. The zero-order valence-corrected chi connectivity index (χ0v) is 25.4. The van der Waals surface area contributed by atoms with Crippen molar-refractivity contribution in [3.05, 3.63) is 23.8 Å². The van der Waals surface area contributed by atoms with Gasteiger partial charge in [0.25, 0.3) is 0 Å². The third-order valence-electron chi connectivity index (χ3n) is 5.19. The van der Waals surface area contributed by atoms with Crippen LogP contribution in [0.1, 0.15) is 74.3 Å². The first kappa shape index (κ1) is 34.7. The number of carbonyl (C=O) groups excluding carboxylic acids is 4. The predicted octanol–water partition coefficient (Wildman–Crippen LogP) is 5.20. The van der Waals surface area contributed by atoms with E-state index in [4.69, 9.17) is 34.2 Å². The molecule has 226 valence electrons. The molecule has 0 amide bonds. The summed E-state index contributed by atoms with van der Waals surface area (Å²) in [4.78, 5) is 49.5. The molecule has 0 heterocycles. The van der Waals surface area contributed by atoms with Gasteiger partial charge in [-0.2, -0.15) is 0 Å². The van der Waals surface area contributed by atoms with Crippen LogP contribution in [0.15, 0.2) is 18.2 Å². The zero-order valence-electron chi connectivity index (χ0n) is 25.4. The van der Waals surface area contributed by atoms with Gasteiger partial charge in [0.05, 0.1) is 26.2 Å². The van der Waals surface area contributed by atoms with E-state index in [1.807, 2.05) is 41.5 Å². The maximum absolute atomic E-state index is 12.7. The molecule has 2 atom stereocenters. The van der Waals surface area contributed by atoms with Crippen LogP contribution in [-0.4, -0.2) is 56.2 Å². The first-order chi connectivity index (χ1) is 18.2. The number of ether oxygens (including phenoxy) is 6. The molecule has 0 saturated heterocycles. The van der Waals surface area contributed by atoms with E-state index in [9.17, 15) is 19.2 Å². The van der Waals surface area contributed by atoms with Gasteiger partial charge in [-0.15, -0.1) is 0 Å². The molecule has 0 radical (unpaired) electrons. The summed E-state index contributed by atoms with van der Waals surface area (Å²) < 4.78 is 31.3. The first-order valence-corrected chi connectivity index (χ1v) is 13.1. The maximum atomic E-state index is 12.7. The van der Waals surface area contributed by atoms with Crippen molar-refractivity contribution in [1.29, 1.82) is 0 Å². The van der Waals surface area contributed by atoms with Gasteiger partial charge in [0, 0.05) is 12.8 Å². The molecule has 0 aromatic heterocycles. The van der Waals surface area contributed by atoms with E-state index in [1.54, 1.807) is 26.8 Å². The molecule has 0 spiro atoms. The second kappa shape index (κ2) is 14.3. The average Bonchev–Trinajstić information content (AvgIpc) is 2.81.